The van der Waals surface area contributed by atoms with E-state index in [0.717, 1.165) is 19.5 Å². The summed E-state index contributed by atoms with van der Waals surface area (Å²) < 4.78 is 26.4. The van der Waals surface area contributed by atoms with E-state index in [1.54, 1.807) is 30.3 Å². The van der Waals surface area contributed by atoms with Gasteiger partial charge in [0.05, 0.1) is 4.90 Å². The van der Waals surface area contributed by atoms with Crippen molar-refractivity contribution in [3.63, 3.8) is 0 Å². The Bertz CT molecular complexity index is 425. The molecule has 1 aliphatic heterocycles. The Morgan fingerprint density at radius 2 is 2.06 bits per heavy atom. The predicted molar refractivity (Wildman–Crippen MR) is 62.6 cm³/mol. The number of nitrogens with one attached hydrogen (secondary N) is 2. The van der Waals surface area contributed by atoms with Crippen LogP contribution in [0.2, 0.25) is 0 Å². The number of hydrogen-bond donors (Lipinski definition) is 2. The summed E-state index contributed by atoms with van der Waals surface area (Å²) in [6.07, 6.45) is 1.04. The molecule has 0 aliphatic carbocycles. The van der Waals surface area contributed by atoms with Gasteiger partial charge in [0.2, 0.25) is 10.0 Å². The molecule has 1 aliphatic rings. The second kappa shape index (κ2) is 4.95. The summed E-state index contributed by atoms with van der Waals surface area (Å²) in [6.45, 7) is 2.40. The van der Waals surface area contributed by atoms with Crippen LogP contribution in [0.1, 0.15) is 6.42 Å². The van der Waals surface area contributed by atoms with Crippen LogP contribution in [-0.2, 0) is 10.0 Å². The molecular formula is C11H16N2O2S. The molecule has 1 fully saturated rings. The molecule has 1 saturated heterocycles. The lowest BCUT2D eigenvalue weighted by Gasteiger charge is -2.10. The number of hydrogen-bond acceptors (Lipinski definition) is 3. The van der Waals surface area contributed by atoms with Crippen molar-refractivity contribution in [2.24, 2.45) is 5.92 Å². The normalized spacial score (nSPS) is 21.1. The van der Waals surface area contributed by atoms with Crippen LogP contribution >= 0.6 is 0 Å². The Balaban J connectivity index is 1.98. The standard InChI is InChI=1S/C11H16N2O2S/c14-16(15,11-4-2-1-3-5-11)13-9-10-6-7-12-8-10/h1-5,10,12-13H,6-9H2. The molecule has 1 atom stereocenters. The Kier molecular flexibility index (Phi) is 3.58. The van der Waals surface area contributed by atoms with Crippen LogP contribution in [0.5, 0.6) is 0 Å². The van der Waals surface area contributed by atoms with Gasteiger partial charge in [0.25, 0.3) is 0 Å². The molecule has 0 radical (unpaired) electrons. The van der Waals surface area contributed by atoms with Gasteiger partial charge in [-0.05, 0) is 37.6 Å². The van der Waals surface area contributed by atoms with Gasteiger partial charge in [0.1, 0.15) is 0 Å². The monoisotopic (exact) mass is 240 g/mol. The van der Waals surface area contributed by atoms with Crippen LogP contribution in [0.3, 0.4) is 0 Å². The molecule has 0 spiro atoms. The largest absolute Gasteiger partial charge is 0.316 e. The fourth-order valence-corrected chi connectivity index (χ4v) is 2.94. The Morgan fingerprint density at radius 3 is 2.69 bits per heavy atom. The maximum absolute atomic E-state index is 11.9. The van der Waals surface area contributed by atoms with Crippen LogP contribution < -0.4 is 10.0 Å². The molecular weight excluding hydrogens is 224 g/mol. The number of benzene rings is 1. The van der Waals surface area contributed by atoms with Crippen LogP contribution in [0.4, 0.5) is 0 Å². The molecule has 2 rings (SSSR count). The smallest absolute Gasteiger partial charge is 0.240 e. The molecule has 1 heterocycles. The summed E-state index contributed by atoms with van der Waals surface area (Å²) in [7, 11) is -3.33. The zero-order valence-electron chi connectivity index (χ0n) is 9.02. The zero-order chi connectivity index (χ0) is 11.4. The molecule has 16 heavy (non-hydrogen) atoms. The maximum Gasteiger partial charge on any atom is 0.240 e. The van der Waals surface area contributed by atoms with Gasteiger partial charge < -0.3 is 5.32 Å². The lowest BCUT2D eigenvalue weighted by Crippen LogP contribution is -2.30. The van der Waals surface area contributed by atoms with Crippen molar-refractivity contribution >= 4 is 10.0 Å². The highest BCUT2D eigenvalue weighted by atomic mass is 32.2. The van der Waals surface area contributed by atoms with E-state index >= 15 is 0 Å². The Morgan fingerprint density at radius 1 is 1.31 bits per heavy atom. The Hall–Kier alpha value is -0.910. The molecule has 4 nitrogen and oxygen atoms in total. The van der Waals surface area contributed by atoms with E-state index in [2.05, 4.69) is 10.0 Å². The predicted octanol–water partition coefficient (Wildman–Crippen LogP) is 0.574. The summed E-state index contributed by atoms with van der Waals surface area (Å²) >= 11 is 0. The van der Waals surface area contributed by atoms with Crippen molar-refractivity contribution in [1.82, 2.24) is 10.0 Å². The van der Waals surface area contributed by atoms with Crippen molar-refractivity contribution < 1.29 is 8.42 Å². The number of rotatable bonds is 4. The highest BCUT2D eigenvalue weighted by Crippen LogP contribution is 2.10. The first-order valence-corrected chi connectivity index (χ1v) is 6.92. The fraction of sp³-hybridized carbons (Fsp3) is 0.455. The fourth-order valence-electron chi connectivity index (χ4n) is 1.80. The lowest BCUT2D eigenvalue weighted by molar-refractivity contribution is 0.539. The first-order chi connectivity index (χ1) is 7.68. The van der Waals surface area contributed by atoms with E-state index in [1.807, 2.05) is 0 Å². The first-order valence-electron chi connectivity index (χ1n) is 5.44. The molecule has 1 aromatic carbocycles. The van der Waals surface area contributed by atoms with E-state index in [9.17, 15) is 8.42 Å². The second-order valence-electron chi connectivity index (χ2n) is 4.02. The lowest BCUT2D eigenvalue weighted by atomic mass is 10.1. The quantitative estimate of drug-likeness (QED) is 0.809. The average Bonchev–Trinajstić information content (AvgIpc) is 2.81. The third-order valence-electron chi connectivity index (χ3n) is 2.78. The topological polar surface area (TPSA) is 58.2 Å². The van der Waals surface area contributed by atoms with Gasteiger partial charge in [-0.3, -0.25) is 0 Å². The van der Waals surface area contributed by atoms with Crippen LogP contribution in [-0.4, -0.2) is 28.1 Å². The molecule has 5 heteroatoms. The first kappa shape index (κ1) is 11.6. The molecule has 2 N–H and O–H groups in total. The summed E-state index contributed by atoms with van der Waals surface area (Å²) in [5, 5.41) is 3.21. The van der Waals surface area contributed by atoms with E-state index in [4.69, 9.17) is 0 Å². The van der Waals surface area contributed by atoms with Crippen molar-refractivity contribution in [2.45, 2.75) is 11.3 Å². The molecule has 1 aromatic rings. The number of sulfonamides is 1. The zero-order valence-corrected chi connectivity index (χ0v) is 9.83. The molecule has 0 aromatic heterocycles. The van der Waals surface area contributed by atoms with E-state index < -0.39 is 10.0 Å². The summed E-state index contributed by atoms with van der Waals surface area (Å²) in [6, 6.07) is 8.47. The third kappa shape index (κ3) is 2.81. The van der Waals surface area contributed by atoms with Gasteiger partial charge >= 0.3 is 0 Å². The van der Waals surface area contributed by atoms with E-state index in [-0.39, 0.29) is 0 Å². The summed E-state index contributed by atoms with van der Waals surface area (Å²) in [5.74, 6) is 0.415. The minimum atomic E-state index is -3.33. The van der Waals surface area contributed by atoms with Gasteiger partial charge in [0, 0.05) is 6.54 Å². The summed E-state index contributed by atoms with van der Waals surface area (Å²) in [4.78, 5) is 0.334. The molecule has 0 amide bonds. The summed E-state index contributed by atoms with van der Waals surface area (Å²) in [5.41, 5.74) is 0. The van der Waals surface area contributed by atoms with Gasteiger partial charge in [-0.15, -0.1) is 0 Å². The van der Waals surface area contributed by atoms with E-state index in [0.29, 0.717) is 17.4 Å². The maximum atomic E-state index is 11.9. The van der Waals surface area contributed by atoms with Crippen molar-refractivity contribution in [3.8, 4) is 0 Å². The SMILES string of the molecule is O=S(=O)(NCC1CCNC1)c1ccccc1. The average molecular weight is 240 g/mol. The molecule has 0 saturated carbocycles. The minimum Gasteiger partial charge on any atom is -0.316 e. The van der Waals surface area contributed by atoms with Crippen LogP contribution in [0, 0.1) is 5.92 Å². The second-order valence-corrected chi connectivity index (χ2v) is 5.79. The Labute approximate surface area is 96.1 Å². The van der Waals surface area contributed by atoms with Crippen molar-refractivity contribution in [3.05, 3.63) is 30.3 Å². The van der Waals surface area contributed by atoms with Crippen LogP contribution in [0.25, 0.3) is 0 Å². The molecule has 88 valence electrons. The van der Waals surface area contributed by atoms with E-state index in [1.165, 1.54) is 0 Å². The van der Waals surface area contributed by atoms with Crippen molar-refractivity contribution in [1.29, 1.82) is 0 Å². The van der Waals surface area contributed by atoms with Gasteiger partial charge in [-0.1, -0.05) is 18.2 Å². The van der Waals surface area contributed by atoms with Crippen molar-refractivity contribution in [2.75, 3.05) is 19.6 Å². The van der Waals surface area contributed by atoms with Crippen LogP contribution in [0.15, 0.2) is 35.2 Å². The molecule has 0 bridgehead atoms. The van der Waals surface area contributed by atoms with Gasteiger partial charge in [0.15, 0.2) is 0 Å². The highest BCUT2D eigenvalue weighted by molar-refractivity contribution is 7.89. The highest BCUT2D eigenvalue weighted by Gasteiger charge is 2.18. The molecule has 1 unspecified atom stereocenters. The van der Waals surface area contributed by atoms with Gasteiger partial charge in [-0.2, -0.15) is 0 Å². The third-order valence-corrected chi connectivity index (χ3v) is 4.22. The minimum absolute atomic E-state index is 0.334. The van der Waals surface area contributed by atoms with Gasteiger partial charge in [-0.25, -0.2) is 13.1 Å².